The molecule has 4 aromatic rings. The van der Waals surface area contributed by atoms with E-state index in [9.17, 15) is 26.7 Å². The highest BCUT2D eigenvalue weighted by atomic mass is 19.4. The van der Waals surface area contributed by atoms with E-state index < -0.39 is 29.3 Å². The Morgan fingerprint density at radius 3 is 2.45 bits per heavy atom. The predicted molar refractivity (Wildman–Crippen MR) is 102 cm³/mol. The van der Waals surface area contributed by atoms with Gasteiger partial charge in [0.25, 0.3) is 5.91 Å². The van der Waals surface area contributed by atoms with Gasteiger partial charge < -0.3 is 14.8 Å². The lowest BCUT2D eigenvalue weighted by Crippen LogP contribution is -2.10. The molecule has 1 amide bonds. The summed E-state index contributed by atoms with van der Waals surface area (Å²) >= 11 is 0. The maximum absolute atomic E-state index is 13.5. The Balaban J connectivity index is 1.40. The van der Waals surface area contributed by atoms with Crippen LogP contribution < -0.4 is 5.32 Å². The second-order valence-electron chi connectivity index (χ2n) is 6.85. The van der Waals surface area contributed by atoms with Crippen molar-refractivity contribution in [1.29, 1.82) is 0 Å². The zero-order valence-corrected chi connectivity index (χ0v) is 15.7. The number of alkyl halides is 3. The molecule has 0 spiro atoms. The topological polar surface area (TPSA) is 70.9 Å². The Morgan fingerprint density at radius 2 is 1.74 bits per heavy atom. The maximum Gasteiger partial charge on any atom is 0.416 e. The van der Waals surface area contributed by atoms with E-state index in [0.717, 1.165) is 24.3 Å². The molecule has 10 heteroatoms. The first-order valence-corrected chi connectivity index (χ1v) is 9.10. The van der Waals surface area contributed by atoms with Crippen molar-refractivity contribution in [2.75, 3.05) is 5.32 Å². The number of aromatic nitrogens is 2. The van der Waals surface area contributed by atoms with E-state index in [1.807, 2.05) is 0 Å². The van der Waals surface area contributed by atoms with E-state index in [-0.39, 0.29) is 16.8 Å². The van der Waals surface area contributed by atoms with Crippen LogP contribution >= 0.6 is 0 Å². The van der Waals surface area contributed by atoms with E-state index in [0.29, 0.717) is 29.6 Å². The molecule has 0 unspecified atom stereocenters. The van der Waals surface area contributed by atoms with Gasteiger partial charge >= 0.3 is 6.18 Å². The number of benzene rings is 2. The maximum atomic E-state index is 13.5. The molecule has 0 aliphatic heterocycles. The number of amides is 1. The highest BCUT2D eigenvalue weighted by Crippen LogP contribution is 2.29. The highest BCUT2D eigenvalue weighted by molar-refractivity contribution is 6.07. The largest absolute Gasteiger partial charge is 0.416 e. The average Bonchev–Trinajstić information content (AvgIpc) is 3.34. The number of H-pyrrole nitrogens is 1. The normalized spacial score (nSPS) is 11.8. The third-order valence-corrected chi connectivity index (χ3v) is 4.70. The Bertz CT molecular complexity index is 1240. The number of fused-ring (bicyclic) bond motifs is 1. The van der Waals surface area contributed by atoms with Gasteiger partial charge in [-0.05, 0) is 36.6 Å². The molecule has 0 atom stereocenters. The lowest BCUT2D eigenvalue weighted by atomic mass is 10.1. The molecule has 160 valence electrons. The van der Waals surface area contributed by atoms with Crippen molar-refractivity contribution in [3.05, 3.63) is 82.9 Å². The van der Waals surface area contributed by atoms with Gasteiger partial charge in [0.05, 0.1) is 22.5 Å². The Kier molecular flexibility index (Phi) is 5.22. The van der Waals surface area contributed by atoms with Gasteiger partial charge in [-0.15, -0.1) is 0 Å². The number of carbonyl (C=O) groups is 1. The first kappa shape index (κ1) is 20.6. The zero-order chi connectivity index (χ0) is 22.2. The van der Waals surface area contributed by atoms with Gasteiger partial charge in [0.2, 0.25) is 5.76 Å². The number of rotatable bonds is 5. The standard InChI is InChI=1S/C21H14F5N3O2/c22-15-8-14-17(9-16(15)23)27-10-18(14)28-20(30)19-7-13(29-31-19)6-3-11-1-4-12(5-2-11)21(24,25)26/h1-2,4-5,7-10,27H,3,6H2,(H,28,30). The van der Waals surface area contributed by atoms with Gasteiger partial charge in [-0.25, -0.2) is 8.78 Å². The Morgan fingerprint density at radius 1 is 1.03 bits per heavy atom. The number of hydrogen-bond donors (Lipinski definition) is 2. The molecule has 31 heavy (non-hydrogen) atoms. The Hall–Kier alpha value is -3.69. The van der Waals surface area contributed by atoms with Crippen molar-refractivity contribution in [3.8, 4) is 0 Å². The van der Waals surface area contributed by atoms with Crippen LogP contribution in [0.5, 0.6) is 0 Å². The quantitative estimate of drug-likeness (QED) is 0.407. The van der Waals surface area contributed by atoms with Gasteiger partial charge in [-0.1, -0.05) is 17.3 Å². The lowest BCUT2D eigenvalue weighted by molar-refractivity contribution is -0.137. The molecule has 5 nitrogen and oxygen atoms in total. The summed E-state index contributed by atoms with van der Waals surface area (Å²) < 4.78 is 69.6. The van der Waals surface area contributed by atoms with Crippen LogP contribution in [0.3, 0.4) is 0 Å². The molecule has 2 aromatic carbocycles. The molecular weight excluding hydrogens is 421 g/mol. The smallest absolute Gasteiger partial charge is 0.359 e. The van der Waals surface area contributed by atoms with Crippen LogP contribution in [0.25, 0.3) is 10.9 Å². The summed E-state index contributed by atoms with van der Waals surface area (Å²) in [5, 5.41) is 6.62. The number of hydrogen-bond acceptors (Lipinski definition) is 3. The van der Waals surface area contributed by atoms with E-state index >= 15 is 0 Å². The summed E-state index contributed by atoms with van der Waals surface area (Å²) in [6.07, 6.45) is -2.25. The summed E-state index contributed by atoms with van der Waals surface area (Å²) in [5.74, 6) is -2.80. The third-order valence-electron chi connectivity index (χ3n) is 4.70. The lowest BCUT2D eigenvalue weighted by Gasteiger charge is -2.07. The van der Waals surface area contributed by atoms with Crippen LogP contribution in [0.2, 0.25) is 0 Å². The minimum Gasteiger partial charge on any atom is -0.359 e. The van der Waals surface area contributed by atoms with Gasteiger partial charge in [0, 0.05) is 23.7 Å². The molecule has 2 aromatic heterocycles. The molecule has 0 saturated carbocycles. The highest BCUT2D eigenvalue weighted by Gasteiger charge is 2.29. The summed E-state index contributed by atoms with van der Waals surface area (Å²) in [6, 6.07) is 8.14. The summed E-state index contributed by atoms with van der Waals surface area (Å²) in [7, 11) is 0. The molecule has 0 aliphatic carbocycles. The molecule has 0 fully saturated rings. The van der Waals surface area contributed by atoms with Crippen LogP contribution in [-0.4, -0.2) is 16.0 Å². The van der Waals surface area contributed by atoms with Crippen LogP contribution in [0, 0.1) is 11.6 Å². The molecule has 0 bridgehead atoms. The number of carbonyl (C=O) groups excluding carboxylic acids is 1. The van der Waals surface area contributed by atoms with Crippen LogP contribution in [0.1, 0.15) is 27.4 Å². The fraction of sp³-hybridized carbons (Fsp3) is 0.143. The molecular formula is C21H14F5N3O2. The van der Waals surface area contributed by atoms with Gasteiger partial charge in [-0.2, -0.15) is 13.2 Å². The van der Waals surface area contributed by atoms with Gasteiger partial charge in [-0.3, -0.25) is 4.79 Å². The molecule has 2 N–H and O–H groups in total. The SMILES string of the molecule is O=C(Nc1c[nH]c2cc(F)c(F)cc12)c1cc(CCc2ccc(C(F)(F)F)cc2)no1. The number of nitrogens with zero attached hydrogens (tertiary/aromatic N) is 1. The summed E-state index contributed by atoms with van der Waals surface area (Å²) in [4.78, 5) is 15.1. The average molecular weight is 435 g/mol. The molecule has 4 rings (SSSR count). The van der Waals surface area contributed by atoms with E-state index in [2.05, 4.69) is 15.5 Å². The minimum atomic E-state index is -4.39. The van der Waals surface area contributed by atoms with E-state index in [1.54, 1.807) is 0 Å². The number of aryl methyl sites for hydroxylation is 2. The number of nitrogens with one attached hydrogen (secondary N) is 2. The second kappa shape index (κ2) is 7.86. The molecule has 0 radical (unpaired) electrons. The van der Waals surface area contributed by atoms with Crippen LogP contribution in [0.4, 0.5) is 27.6 Å². The van der Waals surface area contributed by atoms with Crippen molar-refractivity contribution < 1.29 is 31.3 Å². The predicted octanol–water partition coefficient (Wildman–Crippen LogP) is 5.49. The Labute approximate surface area is 171 Å². The number of aromatic amines is 1. The molecule has 2 heterocycles. The summed E-state index contributed by atoms with van der Waals surface area (Å²) in [5.41, 5.74) is 0.939. The van der Waals surface area contributed by atoms with Gasteiger partial charge in [0.1, 0.15) is 0 Å². The van der Waals surface area contributed by atoms with Crippen molar-refractivity contribution in [1.82, 2.24) is 10.1 Å². The third kappa shape index (κ3) is 4.42. The first-order valence-electron chi connectivity index (χ1n) is 9.10. The molecule has 0 saturated heterocycles. The monoisotopic (exact) mass is 435 g/mol. The minimum absolute atomic E-state index is 0.0978. The summed E-state index contributed by atoms with van der Waals surface area (Å²) in [6.45, 7) is 0. The van der Waals surface area contributed by atoms with Gasteiger partial charge in [0.15, 0.2) is 11.6 Å². The second-order valence-corrected chi connectivity index (χ2v) is 6.85. The fourth-order valence-electron chi connectivity index (χ4n) is 3.07. The van der Waals surface area contributed by atoms with Crippen molar-refractivity contribution in [2.24, 2.45) is 0 Å². The van der Waals surface area contributed by atoms with Crippen molar-refractivity contribution in [3.63, 3.8) is 0 Å². The zero-order valence-electron chi connectivity index (χ0n) is 15.7. The number of anilines is 1. The van der Waals surface area contributed by atoms with Crippen molar-refractivity contribution in [2.45, 2.75) is 19.0 Å². The van der Waals surface area contributed by atoms with E-state index in [4.69, 9.17) is 4.52 Å². The van der Waals surface area contributed by atoms with Crippen LogP contribution in [0.15, 0.2) is 53.2 Å². The molecule has 0 aliphatic rings. The van der Waals surface area contributed by atoms with Crippen molar-refractivity contribution >= 4 is 22.5 Å². The number of halogens is 5. The van der Waals surface area contributed by atoms with E-state index in [1.165, 1.54) is 24.4 Å². The van der Waals surface area contributed by atoms with Crippen LogP contribution in [-0.2, 0) is 19.0 Å². The fourth-order valence-corrected chi connectivity index (χ4v) is 3.07. The first-order chi connectivity index (χ1) is 14.7.